The zero-order valence-electron chi connectivity index (χ0n) is 12.0. The third-order valence-electron chi connectivity index (χ3n) is 3.53. The van der Waals surface area contributed by atoms with Gasteiger partial charge in [-0.2, -0.15) is 0 Å². The molecule has 1 aliphatic rings. The molecule has 3 nitrogen and oxygen atoms in total. The average molecular weight is 256 g/mol. The Kier molecular flexibility index (Phi) is 4.28. The molecule has 18 heavy (non-hydrogen) atoms. The molecule has 1 rings (SSSR count). The Balaban J connectivity index is 3.10. The lowest BCUT2D eigenvalue weighted by atomic mass is 9.76. The third kappa shape index (κ3) is 2.95. The molecule has 0 atom stereocenters. The van der Waals surface area contributed by atoms with Crippen molar-refractivity contribution in [3.8, 4) is 0 Å². The smallest absolute Gasteiger partial charge is 0.498 e. The van der Waals surface area contributed by atoms with Crippen molar-refractivity contribution in [2.75, 3.05) is 0 Å². The van der Waals surface area contributed by atoms with Gasteiger partial charge in [-0.05, 0) is 40.7 Å². The predicted octanol–water partition coefficient (Wildman–Crippen LogP) is 3.71. The summed E-state index contributed by atoms with van der Waals surface area (Å²) in [5.74, 6) is -0.301. The van der Waals surface area contributed by atoms with Crippen molar-refractivity contribution in [1.29, 1.82) is 0 Å². The molecule has 1 fully saturated rings. The molecule has 102 valence electrons. The van der Waals surface area contributed by atoms with Crippen LogP contribution in [-0.4, -0.2) is 23.4 Å². The lowest BCUT2D eigenvalue weighted by molar-refractivity contribution is 0.00578. The van der Waals surface area contributed by atoms with Crippen LogP contribution in [0.1, 0.15) is 48.0 Å². The standard InChI is InChI=1S/C13H22BFO3/c1-7-11(16)10(8-9(2)15)14-17-12(3,4)13(5,6)18-14/h8,16H,7H2,1-6H3/b9-8?,11-10-. The molecule has 1 heterocycles. The molecule has 1 saturated heterocycles. The van der Waals surface area contributed by atoms with Crippen LogP contribution in [0.4, 0.5) is 4.39 Å². The second-order valence-electron chi connectivity index (χ2n) is 5.57. The first kappa shape index (κ1) is 15.3. The van der Waals surface area contributed by atoms with Crippen molar-refractivity contribution in [3.63, 3.8) is 0 Å². The monoisotopic (exact) mass is 256 g/mol. The number of rotatable bonds is 3. The van der Waals surface area contributed by atoms with E-state index in [4.69, 9.17) is 9.31 Å². The van der Waals surface area contributed by atoms with Gasteiger partial charge in [-0.3, -0.25) is 0 Å². The van der Waals surface area contributed by atoms with Crippen LogP contribution >= 0.6 is 0 Å². The SMILES string of the molecule is CC/C(O)=C(\C=C(C)F)B1OC(C)(C)C(C)(C)O1. The fourth-order valence-electron chi connectivity index (χ4n) is 1.68. The molecule has 0 bridgehead atoms. The second kappa shape index (κ2) is 5.06. The average Bonchev–Trinajstić information content (AvgIpc) is 2.43. The second-order valence-corrected chi connectivity index (χ2v) is 5.57. The van der Waals surface area contributed by atoms with Crippen molar-refractivity contribution in [1.82, 2.24) is 0 Å². The first-order valence-corrected chi connectivity index (χ1v) is 6.22. The highest BCUT2D eigenvalue weighted by Gasteiger charge is 2.52. The maximum Gasteiger partial charge on any atom is 0.498 e. The van der Waals surface area contributed by atoms with Gasteiger partial charge in [0.25, 0.3) is 0 Å². The van der Waals surface area contributed by atoms with Crippen LogP contribution < -0.4 is 0 Å². The summed E-state index contributed by atoms with van der Waals surface area (Å²) in [6, 6.07) is 0. The molecule has 0 unspecified atom stereocenters. The van der Waals surface area contributed by atoms with Gasteiger partial charge in [-0.1, -0.05) is 6.92 Å². The van der Waals surface area contributed by atoms with E-state index in [-0.39, 0.29) is 11.6 Å². The molecule has 0 aromatic rings. The summed E-state index contributed by atoms with van der Waals surface area (Å²) < 4.78 is 24.7. The van der Waals surface area contributed by atoms with Gasteiger partial charge in [0.2, 0.25) is 0 Å². The molecule has 0 spiro atoms. The Bertz CT molecular complexity index is 366. The van der Waals surface area contributed by atoms with E-state index >= 15 is 0 Å². The minimum atomic E-state index is -0.736. The van der Waals surface area contributed by atoms with Crippen LogP contribution in [0, 0.1) is 0 Å². The highest BCUT2D eigenvalue weighted by molar-refractivity contribution is 6.55. The first-order chi connectivity index (χ1) is 8.10. The van der Waals surface area contributed by atoms with Crippen molar-refractivity contribution >= 4 is 7.12 Å². The van der Waals surface area contributed by atoms with E-state index in [0.717, 1.165) is 0 Å². The van der Waals surface area contributed by atoms with E-state index < -0.39 is 18.3 Å². The Morgan fingerprint density at radius 1 is 1.22 bits per heavy atom. The normalized spacial score (nSPS) is 24.2. The quantitative estimate of drug-likeness (QED) is 0.475. The Morgan fingerprint density at radius 3 is 2.00 bits per heavy atom. The summed E-state index contributed by atoms with van der Waals surface area (Å²) in [5, 5.41) is 9.88. The fourth-order valence-corrected chi connectivity index (χ4v) is 1.68. The van der Waals surface area contributed by atoms with Gasteiger partial charge in [0.05, 0.1) is 22.8 Å². The number of hydrogen-bond donors (Lipinski definition) is 1. The molecule has 5 heteroatoms. The first-order valence-electron chi connectivity index (χ1n) is 6.22. The van der Waals surface area contributed by atoms with Crippen molar-refractivity contribution in [2.24, 2.45) is 0 Å². The molecule has 0 aliphatic carbocycles. The Hall–Kier alpha value is -0.805. The number of allylic oxidation sites excluding steroid dienone is 4. The van der Waals surface area contributed by atoms with Gasteiger partial charge in [0.15, 0.2) is 0 Å². The minimum absolute atomic E-state index is 0.0884. The summed E-state index contributed by atoms with van der Waals surface area (Å²) in [6.07, 6.45) is 1.67. The number of aliphatic hydroxyl groups is 1. The van der Waals surface area contributed by atoms with Crippen LogP contribution in [0.3, 0.4) is 0 Å². The fraction of sp³-hybridized carbons (Fsp3) is 0.692. The third-order valence-corrected chi connectivity index (χ3v) is 3.53. The van der Waals surface area contributed by atoms with Crippen LogP contribution in [0.25, 0.3) is 0 Å². The van der Waals surface area contributed by atoms with Crippen LogP contribution in [0.2, 0.25) is 0 Å². The van der Waals surface area contributed by atoms with Crippen LogP contribution in [-0.2, 0) is 9.31 Å². The number of aliphatic hydroxyl groups excluding tert-OH is 1. The van der Waals surface area contributed by atoms with E-state index in [1.807, 2.05) is 27.7 Å². The van der Waals surface area contributed by atoms with Crippen molar-refractivity contribution < 1.29 is 18.8 Å². The minimum Gasteiger partial charge on any atom is -0.513 e. The van der Waals surface area contributed by atoms with E-state index in [1.54, 1.807) is 6.92 Å². The Labute approximate surface area is 109 Å². The topological polar surface area (TPSA) is 38.7 Å². The summed E-state index contributed by atoms with van der Waals surface area (Å²) >= 11 is 0. The molecule has 0 saturated carbocycles. The van der Waals surface area contributed by atoms with Crippen molar-refractivity contribution in [3.05, 3.63) is 23.1 Å². The van der Waals surface area contributed by atoms with E-state index in [9.17, 15) is 9.50 Å². The highest BCUT2D eigenvalue weighted by Crippen LogP contribution is 2.39. The molecule has 1 aliphatic heterocycles. The van der Waals surface area contributed by atoms with Crippen LogP contribution in [0.5, 0.6) is 0 Å². The number of hydrogen-bond acceptors (Lipinski definition) is 3. The summed E-state index contributed by atoms with van der Waals surface area (Å²) in [4.78, 5) is 0. The summed E-state index contributed by atoms with van der Waals surface area (Å²) in [6.45, 7) is 10.8. The van der Waals surface area contributed by atoms with Gasteiger partial charge in [-0.25, -0.2) is 4.39 Å². The van der Waals surface area contributed by atoms with E-state index in [1.165, 1.54) is 13.0 Å². The van der Waals surface area contributed by atoms with E-state index in [2.05, 4.69) is 0 Å². The summed E-state index contributed by atoms with van der Waals surface area (Å²) in [5.41, 5.74) is -0.652. The lowest BCUT2D eigenvalue weighted by Crippen LogP contribution is -2.41. The molecule has 0 radical (unpaired) electrons. The highest BCUT2D eigenvalue weighted by atomic mass is 19.1. The van der Waals surface area contributed by atoms with Gasteiger partial charge < -0.3 is 14.4 Å². The Morgan fingerprint density at radius 2 is 1.67 bits per heavy atom. The maximum atomic E-state index is 13.1. The van der Waals surface area contributed by atoms with Gasteiger partial charge >= 0.3 is 7.12 Å². The zero-order valence-corrected chi connectivity index (χ0v) is 12.0. The largest absolute Gasteiger partial charge is 0.513 e. The lowest BCUT2D eigenvalue weighted by Gasteiger charge is -2.32. The molecule has 1 N–H and O–H groups in total. The molecule has 0 aromatic carbocycles. The predicted molar refractivity (Wildman–Crippen MR) is 70.9 cm³/mol. The van der Waals surface area contributed by atoms with Crippen LogP contribution in [0.15, 0.2) is 23.1 Å². The molecule has 0 aromatic heterocycles. The van der Waals surface area contributed by atoms with Crippen molar-refractivity contribution in [2.45, 2.75) is 59.2 Å². The van der Waals surface area contributed by atoms with Gasteiger partial charge in [0.1, 0.15) is 0 Å². The number of halogens is 1. The molecular formula is C13H22BFO3. The van der Waals surface area contributed by atoms with Gasteiger partial charge in [0, 0.05) is 11.9 Å². The molecule has 0 amide bonds. The maximum absolute atomic E-state index is 13.1. The summed E-state index contributed by atoms with van der Waals surface area (Å²) in [7, 11) is -0.736. The zero-order chi connectivity index (χ0) is 14.1. The van der Waals surface area contributed by atoms with E-state index in [0.29, 0.717) is 11.9 Å². The van der Waals surface area contributed by atoms with Gasteiger partial charge in [-0.15, -0.1) is 0 Å². The molecular weight excluding hydrogens is 234 g/mol.